The Kier molecular flexibility index (Phi) is 4.80. The highest BCUT2D eigenvalue weighted by molar-refractivity contribution is 5.95. The number of nitrogens with zero attached hydrogens (tertiary/aromatic N) is 2. The van der Waals surface area contributed by atoms with E-state index in [1.165, 1.54) is 17.0 Å². The van der Waals surface area contributed by atoms with E-state index in [9.17, 15) is 9.59 Å². The molecule has 0 saturated carbocycles. The molecule has 3 heterocycles. The third-order valence-electron chi connectivity index (χ3n) is 5.09. The van der Waals surface area contributed by atoms with Crippen LogP contribution in [0.4, 0.5) is 5.82 Å². The molecule has 0 spiro atoms. The molecule has 0 unspecified atom stereocenters. The number of aromatic amines is 1. The number of carbonyl (C=O) groups excluding carboxylic acids is 2. The van der Waals surface area contributed by atoms with Gasteiger partial charge in [-0.25, -0.2) is 4.98 Å². The van der Waals surface area contributed by atoms with Crippen molar-refractivity contribution in [1.29, 1.82) is 0 Å². The number of fused-ring (bicyclic) bond motifs is 2. The minimum Gasteiger partial charge on any atom is -0.480 e. The molecule has 0 saturated heterocycles. The average molecular weight is 390 g/mol. The fourth-order valence-corrected chi connectivity index (χ4v) is 3.39. The van der Waals surface area contributed by atoms with Gasteiger partial charge in [0.05, 0.1) is 6.54 Å². The molecule has 0 radical (unpaired) electrons. The number of H-pyrrole nitrogens is 1. The standard InChI is InChI=1S/C22H22N4O3/c1-13-5-4-6-16-14(2)17(24-21(13)16)11-26(3)20(28)8-7-15-9-18-22(23-10-15)25-19(27)12-29-18/h4-10,24H,11-12H2,1-3H3,(H,23,25,27). The summed E-state index contributed by atoms with van der Waals surface area (Å²) >= 11 is 0. The van der Waals surface area contributed by atoms with Crippen LogP contribution in [-0.4, -0.2) is 40.3 Å². The first kappa shape index (κ1) is 18.7. The van der Waals surface area contributed by atoms with Crippen molar-refractivity contribution in [3.63, 3.8) is 0 Å². The molecule has 0 atom stereocenters. The van der Waals surface area contributed by atoms with Gasteiger partial charge in [0.15, 0.2) is 18.2 Å². The summed E-state index contributed by atoms with van der Waals surface area (Å²) in [5.74, 6) is 0.544. The molecule has 1 aliphatic heterocycles. The van der Waals surface area contributed by atoms with Crippen LogP contribution in [0, 0.1) is 13.8 Å². The molecule has 4 rings (SSSR count). The van der Waals surface area contributed by atoms with E-state index in [2.05, 4.69) is 41.3 Å². The third-order valence-corrected chi connectivity index (χ3v) is 5.09. The highest BCUT2D eigenvalue weighted by atomic mass is 16.5. The quantitative estimate of drug-likeness (QED) is 0.670. The van der Waals surface area contributed by atoms with Gasteiger partial charge in [0, 0.05) is 35.9 Å². The van der Waals surface area contributed by atoms with Gasteiger partial charge in [-0.05, 0) is 42.7 Å². The van der Waals surface area contributed by atoms with E-state index < -0.39 is 0 Å². The number of pyridine rings is 1. The number of aryl methyl sites for hydroxylation is 2. The lowest BCUT2D eigenvalue weighted by molar-refractivity contribution is -0.125. The van der Waals surface area contributed by atoms with Crippen LogP contribution >= 0.6 is 0 Å². The SMILES string of the molecule is Cc1c(CN(C)C(=O)C=Cc2cnc3c(c2)OCC(=O)N3)[nH]c2c(C)cccc12. The lowest BCUT2D eigenvalue weighted by Gasteiger charge is -2.17. The van der Waals surface area contributed by atoms with Crippen LogP contribution in [0.25, 0.3) is 17.0 Å². The van der Waals surface area contributed by atoms with Crippen molar-refractivity contribution < 1.29 is 14.3 Å². The number of amides is 2. The minimum absolute atomic E-state index is 0.0349. The summed E-state index contributed by atoms with van der Waals surface area (Å²) in [6, 6.07) is 7.95. The monoisotopic (exact) mass is 390 g/mol. The van der Waals surface area contributed by atoms with Crippen LogP contribution in [0.3, 0.4) is 0 Å². The molecule has 2 aromatic heterocycles. The summed E-state index contributed by atoms with van der Waals surface area (Å²) in [7, 11) is 1.77. The van der Waals surface area contributed by atoms with Crippen LogP contribution in [0.5, 0.6) is 5.75 Å². The average Bonchev–Trinajstić information content (AvgIpc) is 3.03. The van der Waals surface area contributed by atoms with Gasteiger partial charge in [-0.2, -0.15) is 0 Å². The van der Waals surface area contributed by atoms with Crippen LogP contribution in [0.1, 0.15) is 22.4 Å². The summed E-state index contributed by atoms with van der Waals surface area (Å²) in [6.07, 6.45) is 4.78. The molecule has 148 valence electrons. The molecule has 1 aliphatic rings. The molecule has 2 N–H and O–H groups in total. The summed E-state index contributed by atoms with van der Waals surface area (Å²) in [6.45, 7) is 4.59. The number of hydrogen-bond acceptors (Lipinski definition) is 4. The van der Waals surface area contributed by atoms with Crippen LogP contribution < -0.4 is 10.1 Å². The maximum atomic E-state index is 12.6. The zero-order valence-electron chi connectivity index (χ0n) is 16.6. The first-order valence-electron chi connectivity index (χ1n) is 9.35. The van der Waals surface area contributed by atoms with Crippen molar-refractivity contribution in [2.75, 3.05) is 19.0 Å². The molecule has 29 heavy (non-hydrogen) atoms. The molecule has 0 fully saturated rings. The Morgan fingerprint density at radius 1 is 1.34 bits per heavy atom. The van der Waals surface area contributed by atoms with E-state index in [-0.39, 0.29) is 18.4 Å². The predicted octanol–water partition coefficient (Wildman–Crippen LogP) is 3.18. The molecule has 0 bridgehead atoms. The van der Waals surface area contributed by atoms with Gasteiger partial charge in [0.2, 0.25) is 5.91 Å². The third kappa shape index (κ3) is 3.71. The molecular formula is C22H22N4O3. The number of benzene rings is 1. The molecule has 1 aromatic carbocycles. The Morgan fingerprint density at radius 2 is 2.17 bits per heavy atom. The van der Waals surface area contributed by atoms with E-state index in [0.29, 0.717) is 18.1 Å². The van der Waals surface area contributed by atoms with Crippen molar-refractivity contribution in [2.45, 2.75) is 20.4 Å². The van der Waals surface area contributed by atoms with Crippen molar-refractivity contribution in [1.82, 2.24) is 14.9 Å². The zero-order chi connectivity index (χ0) is 20.5. The van der Waals surface area contributed by atoms with Crippen molar-refractivity contribution in [2.24, 2.45) is 0 Å². The number of likely N-dealkylation sites (N-methyl/N-ethyl adjacent to an activating group) is 1. The van der Waals surface area contributed by atoms with Gasteiger partial charge in [-0.1, -0.05) is 18.2 Å². The smallest absolute Gasteiger partial charge is 0.263 e. The van der Waals surface area contributed by atoms with Crippen LogP contribution in [0.2, 0.25) is 0 Å². The summed E-state index contributed by atoms with van der Waals surface area (Å²) in [4.78, 5) is 33.1. The highest BCUT2D eigenvalue weighted by Crippen LogP contribution is 2.27. The van der Waals surface area contributed by atoms with Gasteiger partial charge >= 0.3 is 0 Å². The number of anilines is 1. The van der Waals surface area contributed by atoms with Crippen molar-refractivity contribution in [3.8, 4) is 5.75 Å². The first-order valence-corrected chi connectivity index (χ1v) is 9.35. The normalized spacial score (nSPS) is 13.3. The van der Waals surface area contributed by atoms with E-state index >= 15 is 0 Å². The molecular weight excluding hydrogens is 368 g/mol. The Balaban J connectivity index is 1.47. The number of aromatic nitrogens is 2. The Bertz CT molecular complexity index is 1150. The number of ether oxygens (including phenoxy) is 1. The zero-order valence-corrected chi connectivity index (χ0v) is 16.6. The number of carbonyl (C=O) groups is 2. The van der Waals surface area contributed by atoms with Gasteiger partial charge < -0.3 is 19.9 Å². The predicted molar refractivity (Wildman–Crippen MR) is 112 cm³/mol. The molecule has 7 nitrogen and oxygen atoms in total. The second-order valence-corrected chi connectivity index (χ2v) is 7.21. The number of nitrogens with one attached hydrogen (secondary N) is 2. The van der Waals surface area contributed by atoms with Crippen molar-refractivity contribution in [3.05, 3.63) is 58.9 Å². The lowest BCUT2D eigenvalue weighted by atomic mass is 10.1. The van der Waals surface area contributed by atoms with E-state index in [1.807, 2.05) is 6.07 Å². The van der Waals surface area contributed by atoms with Crippen LogP contribution in [-0.2, 0) is 16.1 Å². The maximum absolute atomic E-state index is 12.6. The number of para-hydroxylation sites is 1. The van der Waals surface area contributed by atoms with Crippen LogP contribution in [0.15, 0.2) is 36.5 Å². The summed E-state index contributed by atoms with van der Waals surface area (Å²) in [5, 5.41) is 3.82. The molecule has 3 aromatic rings. The van der Waals surface area contributed by atoms with E-state index in [4.69, 9.17) is 4.74 Å². The van der Waals surface area contributed by atoms with Crippen molar-refractivity contribution >= 4 is 34.6 Å². The summed E-state index contributed by atoms with van der Waals surface area (Å²) < 4.78 is 5.35. The molecule has 2 amide bonds. The topological polar surface area (TPSA) is 87.3 Å². The second-order valence-electron chi connectivity index (χ2n) is 7.21. The Morgan fingerprint density at radius 3 is 2.97 bits per heavy atom. The number of hydrogen-bond donors (Lipinski definition) is 2. The molecule has 0 aliphatic carbocycles. The number of rotatable bonds is 4. The van der Waals surface area contributed by atoms with Gasteiger partial charge in [-0.3, -0.25) is 9.59 Å². The highest BCUT2D eigenvalue weighted by Gasteiger charge is 2.17. The first-order chi connectivity index (χ1) is 13.9. The Labute approximate surface area is 168 Å². The Hall–Kier alpha value is -3.61. The van der Waals surface area contributed by atoms with Gasteiger partial charge in [0.1, 0.15) is 0 Å². The lowest BCUT2D eigenvalue weighted by Crippen LogP contribution is -2.26. The fraction of sp³-hybridized carbons (Fsp3) is 0.227. The molecule has 7 heteroatoms. The largest absolute Gasteiger partial charge is 0.480 e. The fourth-order valence-electron chi connectivity index (χ4n) is 3.39. The summed E-state index contributed by atoms with van der Waals surface area (Å²) in [5.41, 5.74) is 5.20. The minimum atomic E-state index is -0.229. The second kappa shape index (κ2) is 7.43. The maximum Gasteiger partial charge on any atom is 0.263 e. The van der Waals surface area contributed by atoms with E-state index in [1.54, 1.807) is 30.3 Å². The van der Waals surface area contributed by atoms with Gasteiger partial charge in [-0.15, -0.1) is 0 Å². The van der Waals surface area contributed by atoms with E-state index in [0.717, 1.165) is 22.3 Å². The van der Waals surface area contributed by atoms with Gasteiger partial charge in [0.25, 0.3) is 5.91 Å².